The number of ketones is 1. The summed E-state index contributed by atoms with van der Waals surface area (Å²) in [5.74, 6) is 7.01. The number of Topliss-reactive ketones (excluding diaryl/α,β-unsaturated/α-hetero) is 1. The smallest absolute Gasteiger partial charge is 0.239 e. The van der Waals surface area contributed by atoms with Crippen LogP contribution >= 0.6 is 0 Å². The molecular weight excluding hydrogens is 292 g/mol. The van der Waals surface area contributed by atoms with Crippen LogP contribution in [0.5, 0.6) is 17.2 Å². The van der Waals surface area contributed by atoms with Crippen molar-refractivity contribution in [3.05, 3.63) is 53.6 Å². The highest BCUT2D eigenvalue weighted by atomic mass is 16.5. The molecule has 0 aliphatic carbocycles. The van der Waals surface area contributed by atoms with E-state index in [1.54, 1.807) is 25.3 Å². The molecule has 4 nitrogen and oxygen atoms in total. The van der Waals surface area contributed by atoms with Crippen LogP contribution in [0.15, 0.2) is 42.5 Å². The largest absolute Gasteiger partial charge is 0.497 e. The van der Waals surface area contributed by atoms with Gasteiger partial charge in [-0.25, -0.2) is 0 Å². The zero-order chi connectivity index (χ0) is 16.7. The third kappa shape index (κ3) is 4.27. The first kappa shape index (κ1) is 16.4. The predicted octanol–water partition coefficient (Wildman–Crippen LogP) is 3.34. The first-order valence-corrected chi connectivity index (χ1v) is 7.19. The van der Waals surface area contributed by atoms with Gasteiger partial charge in [0.15, 0.2) is 0 Å². The summed E-state index contributed by atoms with van der Waals surface area (Å²) in [4.78, 5) is 12.2. The van der Waals surface area contributed by atoms with E-state index in [9.17, 15) is 4.79 Å². The second-order valence-corrected chi connectivity index (χ2v) is 4.60. The quantitative estimate of drug-likeness (QED) is 0.627. The number of benzene rings is 2. The summed E-state index contributed by atoms with van der Waals surface area (Å²) in [5.41, 5.74) is 1.15. The van der Waals surface area contributed by atoms with Crippen molar-refractivity contribution in [2.24, 2.45) is 0 Å². The molecule has 0 fully saturated rings. The second kappa shape index (κ2) is 7.90. The number of carbonyl (C=O) groups is 1. The maximum absolute atomic E-state index is 12.2. The average Bonchev–Trinajstić information content (AvgIpc) is 2.60. The van der Waals surface area contributed by atoms with Crippen molar-refractivity contribution in [1.82, 2.24) is 0 Å². The van der Waals surface area contributed by atoms with Gasteiger partial charge in [0, 0.05) is 11.6 Å². The van der Waals surface area contributed by atoms with E-state index < -0.39 is 0 Å². The monoisotopic (exact) mass is 310 g/mol. The molecule has 118 valence electrons. The molecular formula is C19H18O4. The Labute approximate surface area is 136 Å². The van der Waals surface area contributed by atoms with Crippen molar-refractivity contribution < 1.29 is 19.0 Å². The molecule has 0 aliphatic rings. The third-order valence-corrected chi connectivity index (χ3v) is 3.14. The molecule has 0 unspecified atom stereocenters. The lowest BCUT2D eigenvalue weighted by Gasteiger charge is -2.07. The molecule has 23 heavy (non-hydrogen) atoms. The summed E-state index contributed by atoms with van der Waals surface area (Å²) in [6, 6.07) is 12.3. The van der Waals surface area contributed by atoms with Gasteiger partial charge in [0.2, 0.25) is 5.78 Å². The van der Waals surface area contributed by atoms with E-state index in [4.69, 9.17) is 14.2 Å². The lowest BCUT2D eigenvalue weighted by atomic mass is 10.1. The summed E-state index contributed by atoms with van der Waals surface area (Å²) >= 11 is 0. The number of hydrogen-bond acceptors (Lipinski definition) is 4. The zero-order valence-corrected chi connectivity index (χ0v) is 13.4. The predicted molar refractivity (Wildman–Crippen MR) is 88.4 cm³/mol. The molecule has 0 radical (unpaired) electrons. The summed E-state index contributed by atoms with van der Waals surface area (Å²) < 4.78 is 15.7. The van der Waals surface area contributed by atoms with Crippen LogP contribution in [0.4, 0.5) is 0 Å². The first-order chi connectivity index (χ1) is 11.2. The van der Waals surface area contributed by atoms with Crippen molar-refractivity contribution in [1.29, 1.82) is 0 Å². The SMILES string of the molecule is CCOc1ccc(C#CC(=O)c2ccc(OC)cc2OC)cc1. The van der Waals surface area contributed by atoms with Crippen LogP contribution in [0.2, 0.25) is 0 Å². The second-order valence-electron chi connectivity index (χ2n) is 4.60. The van der Waals surface area contributed by atoms with Crippen molar-refractivity contribution in [3.8, 4) is 29.1 Å². The van der Waals surface area contributed by atoms with E-state index in [1.165, 1.54) is 7.11 Å². The van der Waals surface area contributed by atoms with Gasteiger partial charge in [-0.2, -0.15) is 0 Å². The zero-order valence-electron chi connectivity index (χ0n) is 13.4. The van der Waals surface area contributed by atoms with Crippen molar-refractivity contribution in [3.63, 3.8) is 0 Å². The lowest BCUT2D eigenvalue weighted by Crippen LogP contribution is -2.00. The highest BCUT2D eigenvalue weighted by Gasteiger charge is 2.11. The van der Waals surface area contributed by atoms with Gasteiger partial charge in [0.05, 0.1) is 26.4 Å². The molecule has 0 saturated carbocycles. The van der Waals surface area contributed by atoms with Crippen LogP contribution in [-0.4, -0.2) is 26.6 Å². The molecule has 4 heteroatoms. The van der Waals surface area contributed by atoms with Gasteiger partial charge in [-0.05, 0) is 49.2 Å². The normalized spacial score (nSPS) is 9.52. The first-order valence-electron chi connectivity index (χ1n) is 7.19. The van der Waals surface area contributed by atoms with Crippen LogP contribution in [0, 0.1) is 11.8 Å². The van der Waals surface area contributed by atoms with Crippen LogP contribution in [0.1, 0.15) is 22.8 Å². The average molecular weight is 310 g/mol. The molecule has 0 heterocycles. The van der Waals surface area contributed by atoms with Crippen molar-refractivity contribution in [2.75, 3.05) is 20.8 Å². The minimum atomic E-state index is -0.307. The maximum atomic E-state index is 12.2. The van der Waals surface area contributed by atoms with Gasteiger partial charge in [-0.15, -0.1) is 0 Å². The van der Waals surface area contributed by atoms with Gasteiger partial charge in [0.1, 0.15) is 17.2 Å². The Morgan fingerprint density at radius 3 is 2.30 bits per heavy atom. The number of hydrogen-bond donors (Lipinski definition) is 0. The molecule has 0 amide bonds. The lowest BCUT2D eigenvalue weighted by molar-refractivity contribution is 0.105. The summed E-state index contributed by atoms with van der Waals surface area (Å²) in [6.45, 7) is 2.54. The van der Waals surface area contributed by atoms with E-state index in [0.717, 1.165) is 11.3 Å². The standard InChI is InChI=1S/C19H18O4/c1-4-23-15-8-5-14(6-9-15)7-12-18(20)17-11-10-16(21-2)13-19(17)22-3/h5-6,8-11,13H,4H2,1-3H3. The van der Waals surface area contributed by atoms with Crippen LogP contribution in [0.25, 0.3) is 0 Å². The van der Waals surface area contributed by atoms with E-state index in [1.807, 2.05) is 31.2 Å². The topological polar surface area (TPSA) is 44.8 Å². The highest BCUT2D eigenvalue weighted by Crippen LogP contribution is 2.24. The fourth-order valence-corrected chi connectivity index (χ4v) is 1.98. The van der Waals surface area contributed by atoms with Gasteiger partial charge in [-0.3, -0.25) is 4.79 Å². The number of methoxy groups -OCH3 is 2. The molecule has 2 aromatic rings. The number of rotatable bonds is 5. The molecule has 0 spiro atoms. The Hall–Kier alpha value is -2.93. The van der Waals surface area contributed by atoms with E-state index >= 15 is 0 Å². The maximum Gasteiger partial charge on any atom is 0.239 e. The van der Waals surface area contributed by atoms with E-state index in [0.29, 0.717) is 23.7 Å². The van der Waals surface area contributed by atoms with Gasteiger partial charge < -0.3 is 14.2 Å². The van der Waals surface area contributed by atoms with Crippen LogP contribution in [-0.2, 0) is 0 Å². The fourth-order valence-electron chi connectivity index (χ4n) is 1.98. The minimum Gasteiger partial charge on any atom is -0.497 e. The van der Waals surface area contributed by atoms with E-state index in [-0.39, 0.29) is 5.78 Å². The molecule has 0 bridgehead atoms. The van der Waals surface area contributed by atoms with Crippen LogP contribution in [0.3, 0.4) is 0 Å². The molecule has 2 aromatic carbocycles. The summed E-state index contributed by atoms with van der Waals surface area (Å²) in [7, 11) is 3.06. The molecule has 0 aromatic heterocycles. The Balaban J connectivity index is 2.19. The van der Waals surface area contributed by atoms with Gasteiger partial charge in [0.25, 0.3) is 0 Å². The van der Waals surface area contributed by atoms with Gasteiger partial charge in [-0.1, -0.05) is 5.92 Å². The minimum absolute atomic E-state index is 0.307. The molecule has 0 aliphatic heterocycles. The summed E-state index contributed by atoms with van der Waals surface area (Å²) in [6.07, 6.45) is 0. The molecule has 2 rings (SSSR count). The number of carbonyl (C=O) groups excluding carboxylic acids is 1. The number of ether oxygens (including phenoxy) is 3. The van der Waals surface area contributed by atoms with E-state index in [2.05, 4.69) is 11.8 Å². The Kier molecular flexibility index (Phi) is 5.65. The Bertz CT molecular complexity index is 736. The van der Waals surface area contributed by atoms with Crippen molar-refractivity contribution >= 4 is 5.78 Å². The Morgan fingerprint density at radius 1 is 1.00 bits per heavy atom. The molecule has 0 N–H and O–H groups in total. The van der Waals surface area contributed by atoms with Crippen molar-refractivity contribution in [2.45, 2.75) is 6.92 Å². The van der Waals surface area contributed by atoms with Gasteiger partial charge >= 0.3 is 0 Å². The molecule has 0 atom stereocenters. The fraction of sp³-hybridized carbons (Fsp3) is 0.211. The Morgan fingerprint density at radius 2 is 1.70 bits per heavy atom. The highest BCUT2D eigenvalue weighted by molar-refractivity contribution is 6.11. The third-order valence-electron chi connectivity index (χ3n) is 3.14. The van der Waals surface area contributed by atoms with Crippen LogP contribution < -0.4 is 14.2 Å². The molecule has 0 saturated heterocycles. The summed E-state index contributed by atoms with van der Waals surface area (Å²) in [5, 5.41) is 0.